The number of hydrogen-bond donors (Lipinski definition) is 1. The first-order chi connectivity index (χ1) is 9.52. The van der Waals surface area contributed by atoms with Gasteiger partial charge < -0.3 is 10.5 Å². The summed E-state index contributed by atoms with van der Waals surface area (Å²) >= 11 is 0. The van der Waals surface area contributed by atoms with Gasteiger partial charge in [0.2, 0.25) is 0 Å². The predicted octanol–water partition coefficient (Wildman–Crippen LogP) is 2.91. The number of nitrogens with two attached hydrogens (primary N) is 1. The van der Waals surface area contributed by atoms with Crippen LogP contribution in [0, 0.1) is 20.8 Å². The minimum atomic E-state index is -0.0666. The van der Waals surface area contributed by atoms with Gasteiger partial charge in [0.15, 0.2) is 0 Å². The number of aryl methyl sites for hydroxylation is 1. The van der Waals surface area contributed by atoms with Crippen molar-refractivity contribution in [2.75, 3.05) is 6.61 Å². The SMILES string of the molecule is CCOc1ccc(C(N)Cn2nc(C)c(C)c2C)cc1. The monoisotopic (exact) mass is 273 g/mol. The maximum atomic E-state index is 6.28. The highest BCUT2D eigenvalue weighted by Gasteiger charge is 2.12. The molecule has 0 bridgehead atoms. The molecule has 4 nitrogen and oxygen atoms in total. The van der Waals surface area contributed by atoms with Crippen molar-refractivity contribution >= 4 is 0 Å². The van der Waals surface area contributed by atoms with E-state index in [0.717, 1.165) is 17.0 Å². The van der Waals surface area contributed by atoms with Crippen LogP contribution in [0.25, 0.3) is 0 Å². The van der Waals surface area contributed by atoms with Crippen LogP contribution in [0.4, 0.5) is 0 Å². The number of hydrogen-bond acceptors (Lipinski definition) is 3. The van der Waals surface area contributed by atoms with E-state index >= 15 is 0 Å². The lowest BCUT2D eigenvalue weighted by Gasteiger charge is -2.14. The Morgan fingerprint density at radius 1 is 1.20 bits per heavy atom. The number of aromatic nitrogens is 2. The van der Waals surface area contributed by atoms with Crippen molar-refractivity contribution in [3.8, 4) is 5.75 Å². The molecule has 2 N–H and O–H groups in total. The van der Waals surface area contributed by atoms with Gasteiger partial charge in [-0.15, -0.1) is 0 Å². The fourth-order valence-electron chi connectivity index (χ4n) is 2.23. The third-order valence-corrected chi connectivity index (χ3v) is 3.73. The van der Waals surface area contributed by atoms with E-state index in [2.05, 4.69) is 18.9 Å². The average molecular weight is 273 g/mol. The van der Waals surface area contributed by atoms with Crippen LogP contribution >= 0.6 is 0 Å². The average Bonchev–Trinajstić information content (AvgIpc) is 2.67. The summed E-state index contributed by atoms with van der Waals surface area (Å²) in [7, 11) is 0. The molecule has 0 radical (unpaired) electrons. The first-order valence-electron chi connectivity index (χ1n) is 7.01. The van der Waals surface area contributed by atoms with Crippen LogP contribution in [0.3, 0.4) is 0 Å². The van der Waals surface area contributed by atoms with Gasteiger partial charge >= 0.3 is 0 Å². The third kappa shape index (κ3) is 3.02. The number of rotatable bonds is 5. The molecule has 0 saturated heterocycles. The Bertz CT molecular complexity index is 572. The van der Waals surface area contributed by atoms with Crippen LogP contribution in [0.1, 0.15) is 35.5 Å². The Balaban J connectivity index is 2.11. The van der Waals surface area contributed by atoms with Gasteiger partial charge in [-0.1, -0.05) is 12.1 Å². The van der Waals surface area contributed by atoms with Gasteiger partial charge in [-0.3, -0.25) is 4.68 Å². The second kappa shape index (κ2) is 6.09. The quantitative estimate of drug-likeness (QED) is 0.911. The minimum Gasteiger partial charge on any atom is -0.494 e. The summed E-state index contributed by atoms with van der Waals surface area (Å²) in [6, 6.07) is 7.90. The molecule has 2 rings (SSSR count). The molecule has 20 heavy (non-hydrogen) atoms. The Labute approximate surface area is 120 Å². The highest BCUT2D eigenvalue weighted by Crippen LogP contribution is 2.19. The molecule has 0 aliphatic heterocycles. The Kier molecular flexibility index (Phi) is 4.45. The largest absolute Gasteiger partial charge is 0.494 e. The van der Waals surface area contributed by atoms with Crippen molar-refractivity contribution in [1.82, 2.24) is 9.78 Å². The summed E-state index contributed by atoms with van der Waals surface area (Å²) in [5.74, 6) is 0.880. The van der Waals surface area contributed by atoms with Gasteiger partial charge in [0.05, 0.1) is 18.8 Å². The van der Waals surface area contributed by atoms with E-state index in [9.17, 15) is 0 Å². The maximum absolute atomic E-state index is 6.28. The summed E-state index contributed by atoms with van der Waals surface area (Å²) in [5.41, 5.74) is 10.9. The van der Waals surface area contributed by atoms with Crippen molar-refractivity contribution in [1.29, 1.82) is 0 Å². The molecular formula is C16H23N3O. The van der Waals surface area contributed by atoms with Gasteiger partial charge in [0.1, 0.15) is 5.75 Å². The van der Waals surface area contributed by atoms with Crippen LogP contribution in [-0.2, 0) is 6.54 Å². The minimum absolute atomic E-state index is 0.0666. The Hall–Kier alpha value is -1.81. The van der Waals surface area contributed by atoms with Crippen LogP contribution in [0.15, 0.2) is 24.3 Å². The second-order valence-corrected chi connectivity index (χ2v) is 5.09. The first kappa shape index (κ1) is 14.6. The zero-order valence-corrected chi connectivity index (χ0v) is 12.7. The molecule has 0 spiro atoms. The van der Waals surface area contributed by atoms with Crippen molar-refractivity contribution in [2.24, 2.45) is 5.73 Å². The van der Waals surface area contributed by atoms with Crippen LogP contribution in [0.5, 0.6) is 5.75 Å². The van der Waals surface area contributed by atoms with Crippen molar-refractivity contribution in [3.05, 3.63) is 46.8 Å². The maximum Gasteiger partial charge on any atom is 0.119 e. The van der Waals surface area contributed by atoms with E-state index in [1.54, 1.807) is 0 Å². The highest BCUT2D eigenvalue weighted by atomic mass is 16.5. The lowest BCUT2D eigenvalue weighted by Crippen LogP contribution is -2.19. The first-order valence-corrected chi connectivity index (χ1v) is 7.01. The van der Waals surface area contributed by atoms with Crippen LogP contribution in [0.2, 0.25) is 0 Å². The van der Waals surface area contributed by atoms with E-state index in [1.165, 1.54) is 11.3 Å². The molecule has 1 aromatic heterocycles. The van der Waals surface area contributed by atoms with E-state index in [1.807, 2.05) is 42.8 Å². The van der Waals surface area contributed by atoms with Crippen LogP contribution in [-0.4, -0.2) is 16.4 Å². The van der Waals surface area contributed by atoms with Gasteiger partial charge in [-0.25, -0.2) is 0 Å². The van der Waals surface area contributed by atoms with Crippen LogP contribution < -0.4 is 10.5 Å². The predicted molar refractivity (Wildman–Crippen MR) is 81.0 cm³/mol. The highest BCUT2D eigenvalue weighted by molar-refractivity contribution is 5.29. The number of benzene rings is 1. The van der Waals surface area contributed by atoms with Gasteiger partial charge in [-0.2, -0.15) is 5.10 Å². The third-order valence-electron chi connectivity index (χ3n) is 3.73. The molecule has 0 saturated carbocycles. The van der Waals surface area contributed by atoms with Gasteiger partial charge in [0.25, 0.3) is 0 Å². The summed E-state index contributed by atoms with van der Waals surface area (Å²) in [6.45, 7) is 9.55. The lowest BCUT2D eigenvalue weighted by atomic mass is 10.1. The van der Waals surface area contributed by atoms with E-state index in [0.29, 0.717) is 13.2 Å². The standard InChI is InChI=1S/C16H23N3O/c1-5-20-15-8-6-14(7-9-15)16(17)10-19-13(4)11(2)12(3)18-19/h6-9,16H,5,10,17H2,1-4H3. The second-order valence-electron chi connectivity index (χ2n) is 5.09. The number of nitrogens with zero attached hydrogens (tertiary/aromatic N) is 2. The molecule has 4 heteroatoms. The molecule has 108 valence electrons. The molecule has 1 aromatic carbocycles. The smallest absolute Gasteiger partial charge is 0.119 e. The van der Waals surface area contributed by atoms with Gasteiger partial charge in [-0.05, 0) is 51.0 Å². The summed E-state index contributed by atoms with van der Waals surface area (Å²) in [4.78, 5) is 0. The zero-order chi connectivity index (χ0) is 14.7. The summed E-state index contributed by atoms with van der Waals surface area (Å²) < 4.78 is 7.43. The fraction of sp³-hybridized carbons (Fsp3) is 0.438. The number of ether oxygens (including phenoxy) is 1. The molecule has 2 aromatic rings. The van der Waals surface area contributed by atoms with E-state index in [-0.39, 0.29) is 6.04 Å². The van der Waals surface area contributed by atoms with Crippen molar-refractivity contribution < 1.29 is 4.74 Å². The normalized spacial score (nSPS) is 12.4. The van der Waals surface area contributed by atoms with Crippen molar-refractivity contribution in [2.45, 2.75) is 40.3 Å². The topological polar surface area (TPSA) is 53.1 Å². The summed E-state index contributed by atoms with van der Waals surface area (Å²) in [6.07, 6.45) is 0. The molecular weight excluding hydrogens is 250 g/mol. The lowest BCUT2D eigenvalue weighted by molar-refractivity contribution is 0.340. The summed E-state index contributed by atoms with van der Waals surface area (Å²) in [5, 5.41) is 4.53. The molecule has 1 atom stereocenters. The molecule has 1 unspecified atom stereocenters. The van der Waals surface area contributed by atoms with Gasteiger partial charge in [0, 0.05) is 11.7 Å². The molecule has 0 fully saturated rings. The zero-order valence-electron chi connectivity index (χ0n) is 12.7. The van der Waals surface area contributed by atoms with E-state index in [4.69, 9.17) is 10.5 Å². The molecule has 1 heterocycles. The molecule has 0 amide bonds. The van der Waals surface area contributed by atoms with Crippen molar-refractivity contribution in [3.63, 3.8) is 0 Å². The fourth-order valence-corrected chi connectivity index (χ4v) is 2.23. The molecule has 0 aliphatic carbocycles. The van der Waals surface area contributed by atoms with E-state index < -0.39 is 0 Å². The Morgan fingerprint density at radius 2 is 1.85 bits per heavy atom. The Morgan fingerprint density at radius 3 is 2.35 bits per heavy atom. The molecule has 0 aliphatic rings.